The number of methoxy groups -OCH3 is 1. The van der Waals surface area contributed by atoms with Crippen molar-refractivity contribution in [3.05, 3.63) is 42.0 Å². The minimum atomic E-state index is -3.56. The molecule has 0 spiro atoms. The van der Waals surface area contributed by atoms with Crippen LogP contribution in [0.2, 0.25) is 0 Å². The molecule has 2 heterocycles. The van der Waals surface area contributed by atoms with Crippen LogP contribution in [0.15, 0.2) is 41.3 Å². The first-order valence-corrected chi connectivity index (χ1v) is 8.10. The van der Waals surface area contributed by atoms with Gasteiger partial charge in [-0.05, 0) is 19.2 Å². The number of rotatable bonds is 4. The Kier molecular flexibility index (Phi) is 3.62. The highest BCUT2D eigenvalue weighted by atomic mass is 32.2. The molecule has 1 aromatic rings. The number of urea groups is 1. The van der Waals surface area contributed by atoms with Crippen LogP contribution in [-0.2, 0) is 10.0 Å². The smallest absolute Gasteiger partial charge is 0.338 e. The molecule has 9 nitrogen and oxygen atoms in total. The number of hydrazine groups is 1. The summed E-state index contributed by atoms with van der Waals surface area (Å²) in [6.07, 6.45) is 3.20. The summed E-state index contributed by atoms with van der Waals surface area (Å²) in [5.74, 6) is 1.02. The van der Waals surface area contributed by atoms with E-state index in [1.807, 2.05) is 0 Å². The Labute approximate surface area is 133 Å². The molecule has 0 aliphatic carbocycles. The molecule has 0 unspecified atom stereocenters. The zero-order valence-corrected chi connectivity index (χ0v) is 13.2. The molecule has 2 aliphatic rings. The van der Waals surface area contributed by atoms with E-state index in [9.17, 15) is 13.2 Å². The van der Waals surface area contributed by atoms with Crippen LogP contribution in [0.5, 0.6) is 5.75 Å². The van der Waals surface area contributed by atoms with Crippen molar-refractivity contribution in [2.45, 2.75) is 4.90 Å². The molecule has 1 aromatic carbocycles. The van der Waals surface area contributed by atoms with Gasteiger partial charge >= 0.3 is 6.03 Å². The molecule has 0 fully saturated rings. The minimum Gasteiger partial charge on any atom is -0.496 e. The Hall–Kier alpha value is -2.72. The number of carbonyl (C=O) groups is 1. The predicted octanol–water partition coefficient (Wildman–Crippen LogP) is -0.166. The van der Waals surface area contributed by atoms with Gasteiger partial charge in [-0.3, -0.25) is 0 Å². The summed E-state index contributed by atoms with van der Waals surface area (Å²) < 4.78 is 31.3. The van der Waals surface area contributed by atoms with Crippen LogP contribution in [0.1, 0.15) is 5.56 Å². The van der Waals surface area contributed by atoms with Crippen LogP contribution in [0.3, 0.4) is 0 Å². The molecule has 122 valence electrons. The first kappa shape index (κ1) is 15.2. The van der Waals surface area contributed by atoms with E-state index in [-0.39, 0.29) is 10.9 Å². The van der Waals surface area contributed by atoms with Gasteiger partial charge in [-0.25, -0.2) is 28.4 Å². The van der Waals surface area contributed by atoms with Crippen molar-refractivity contribution in [2.24, 2.45) is 0 Å². The number of fused-ring (bicyclic) bond motifs is 1. The highest BCUT2D eigenvalue weighted by Crippen LogP contribution is 2.31. The number of carbonyl (C=O) groups excluding carboxylic acids is 1. The van der Waals surface area contributed by atoms with Crippen molar-refractivity contribution in [3.63, 3.8) is 0 Å². The Balaban J connectivity index is 1.98. The van der Waals surface area contributed by atoms with Gasteiger partial charge in [-0.15, -0.1) is 0 Å². The maximum absolute atomic E-state index is 11.9. The second-order valence-electron chi connectivity index (χ2n) is 4.72. The second kappa shape index (κ2) is 5.48. The van der Waals surface area contributed by atoms with E-state index < -0.39 is 10.0 Å². The summed E-state index contributed by atoms with van der Waals surface area (Å²) in [7, 11) is -0.755. The molecular formula is C13H15N5O4S. The van der Waals surface area contributed by atoms with E-state index in [4.69, 9.17) is 4.74 Å². The SMILES string of the molecule is CNS(=O)(=O)c1ccc(C2=CN3NC(=O)NC=C3N2)c(OC)c1. The van der Waals surface area contributed by atoms with Crippen molar-refractivity contribution in [1.29, 1.82) is 0 Å². The Morgan fingerprint density at radius 2 is 2.09 bits per heavy atom. The molecule has 23 heavy (non-hydrogen) atoms. The lowest BCUT2D eigenvalue weighted by molar-refractivity contribution is 0.218. The standard InChI is InChI=1S/C13H15N5O4S/c1-14-23(20,21)8-3-4-9(11(5-8)22-2)10-7-18-12(16-10)6-15-13(19)17-18/h3-7,14,16H,1-2H3,(H2,15,17,19). The van der Waals surface area contributed by atoms with Crippen LogP contribution in [0.4, 0.5) is 4.79 Å². The first-order valence-electron chi connectivity index (χ1n) is 6.62. The van der Waals surface area contributed by atoms with Gasteiger partial charge < -0.3 is 15.4 Å². The zero-order valence-electron chi connectivity index (χ0n) is 12.4. The quantitative estimate of drug-likeness (QED) is 0.607. The van der Waals surface area contributed by atoms with Crippen LogP contribution < -0.4 is 25.5 Å². The van der Waals surface area contributed by atoms with Gasteiger partial charge in [0, 0.05) is 17.8 Å². The third-order valence-electron chi connectivity index (χ3n) is 3.38. The van der Waals surface area contributed by atoms with Gasteiger partial charge in [0.25, 0.3) is 0 Å². The lowest BCUT2D eigenvalue weighted by Gasteiger charge is -2.22. The van der Waals surface area contributed by atoms with Crippen LogP contribution in [-0.4, -0.2) is 33.6 Å². The van der Waals surface area contributed by atoms with Gasteiger partial charge in [0.15, 0.2) is 0 Å². The van der Waals surface area contributed by atoms with Crippen molar-refractivity contribution in [1.82, 2.24) is 25.8 Å². The van der Waals surface area contributed by atoms with E-state index in [2.05, 4.69) is 20.8 Å². The number of nitrogens with zero attached hydrogens (tertiary/aromatic N) is 1. The number of amides is 2. The normalized spacial score (nSPS) is 16.6. The summed E-state index contributed by atoms with van der Waals surface area (Å²) in [5, 5.41) is 7.14. The third kappa shape index (κ3) is 2.69. The number of hydrogen-bond donors (Lipinski definition) is 4. The molecule has 0 saturated heterocycles. The van der Waals surface area contributed by atoms with Gasteiger partial charge in [-0.2, -0.15) is 0 Å². The fraction of sp³-hybridized carbons (Fsp3) is 0.154. The molecule has 0 atom stereocenters. The van der Waals surface area contributed by atoms with Gasteiger partial charge in [0.2, 0.25) is 10.0 Å². The highest BCUT2D eigenvalue weighted by Gasteiger charge is 2.26. The van der Waals surface area contributed by atoms with Gasteiger partial charge in [0.05, 0.1) is 23.9 Å². The van der Waals surface area contributed by atoms with Gasteiger partial charge in [0.1, 0.15) is 11.6 Å². The Morgan fingerprint density at radius 3 is 2.78 bits per heavy atom. The minimum absolute atomic E-state index is 0.103. The van der Waals surface area contributed by atoms with E-state index in [1.54, 1.807) is 12.3 Å². The molecule has 0 aromatic heterocycles. The second-order valence-corrected chi connectivity index (χ2v) is 6.61. The fourth-order valence-electron chi connectivity index (χ4n) is 2.22. The molecule has 2 amide bonds. The lowest BCUT2D eigenvalue weighted by atomic mass is 10.1. The van der Waals surface area contributed by atoms with Crippen molar-refractivity contribution in [2.75, 3.05) is 14.2 Å². The van der Waals surface area contributed by atoms with Crippen LogP contribution >= 0.6 is 0 Å². The maximum atomic E-state index is 11.9. The number of hydrogen-bond acceptors (Lipinski definition) is 6. The molecule has 3 rings (SSSR count). The molecule has 4 N–H and O–H groups in total. The highest BCUT2D eigenvalue weighted by molar-refractivity contribution is 7.89. The Bertz CT molecular complexity index is 831. The molecule has 0 radical (unpaired) electrons. The molecule has 10 heteroatoms. The lowest BCUT2D eigenvalue weighted by Crippen LogP contribution is -2.47. The fourth-order valence-corrected chi connectivity index (χ4v) is 2.96. The summed E-state index contributed by atoms with van der Waals surface area (Å²) in [5.41, 5.74) is 3.91. The summed E-state index contributed by atoms with van der Waals surface area (Å²) in [4.78, 5) is 11.4. The third-order valence-corrected chi connectivity index (χ3v) is 4.80. The average molecular weight is 337 g/mol. The van der Waals surface area contributed by atoms with E-state index in [0.717, 1.165) is 0 Å². The van der Waals surface area contributed by atoms with Crippen molar-refractivity contribution < 1.29 is 17.9 Å². The first-order chi connectivity index (χ1) is 10.9. The largest absolute Gasteiger partial charge is 0.496 e. The predicted molar refractivity (Wildman–Crippen MR) is 81.9 cm³/mol. The number of nitrogens with one attached hydrogen (secondary N) is 4. The van der Waals surface area contributed by atoms with Crippen LogP contribution in [0, 0.1) is 0 Å². The summed E-state index contributed by atoms with van der Waals surface area (Å²) >= 11 is 0. The van der Waals surface area contributed by atoms with Crippen molar-refractivity contribution in [3.8, 4) is 5.75 Å². The van der Waals surface area contributed by atoms with Gasteiger partial charge in [-0.1, -0.05) is 0 Å². The molecule has 0 saturated carbocycles. The summed E-state index contributed by atoms with van der Waals surface area (Å²) in [6.45, 7) is 0. The maximum Gasteiger partial charge on any atom is 0.338 e. The van der Waals surface area contributed by atoms with E-state index in [0.29, 0.717) is 22.8 Å². The van der Waals surface area contributed by atoms with Crippen LogP contribution in [0.25, 0.3) is 5.70 Å². The average Bonchev–Trinajstić information content (AvgIpc) is 2.96. The molecule has 2 aliphatic heterocycles. The number of ether oxygens (including phenoxy) is 1. The van der Waals surface area contributed by atoms with Crippen molar-refractivity contribution >= 4 is 21.8 Å². The topological polar surface area (TPSA) is 112 Å². The number of sulfonamides is 1. The summed E-state index contributed by atoms with van der Waals surface area (Å²) in [6, 6.07) is 4.20. The van der Waals surface area contributed by atoms with E-state index >= 15 is 0 Å². The Morgan fingerprint density at radius 1 is 1.30 bits per heavy atom. The molecular weight excluding hydrogens is 322 g/mol. The molecule has 0 bridgehead atoms. The zero-order chi connectivity index (χ0) is 16.6. The number of benzene rings is 1. The monoisotopic (exact) mass is 337 g/mol. The van der Waals surface area contributed by atoms with E-state index in [1.165, 1.54) is 37.5 Å².